The zero-order valence-corrected chi connectivity index (χ0v) is 8.04. The predicted molar refractivity (Wildman–Crippen MR) is 42.1 cm³/mol. The molecule has 0 heterocycles. The van der Waals surface area contributed by atoms with Crippen molar-refractivity contribution in [2.75, 3.05) is 25.0 Å². The van der Waals surface area contributed by atoms with Gasteiger partial charge in [-0.25, -0.2) is 4.57 Å². The molecule has 0 radical (unpaired) electrons. The summed E-state index contributed by atoms with van der Waals surface area (Å²) in [5.41, 5.74) is 0. The minimum atomic E-state index is -4.39. The SMILES string of the molecule is O=P(F)(OCCCl)OCCCl. The molecule has 0 rings (SSSR count). The van der Waals surface area contributed by atoms with E-state index in [9.17, 15) is 8.76 Å². The van der Waals surface area contributed by atoms with Gasteiger partial charge in [0.05, 0.1) is 13.2 Å². The van der Waals surface area contributed by atoms with Gasteiger partial charge in [0.25, 0.3) is 0 Å². The Hall–Kier alpha value is 0.660. The Bertz CT molecular complexity index is 133. The van der Waals surface area contributed by atoms with Crippen LogP contribution in [0, 0.1) is 0 Å². The molecule has 0 amide bonds. The molecule has 11 heavy (non-hydrogen) atoms. The third-order valence-corrected chi connectivity index (χ3v) is 1.94. The first kappa shape index (κ1) is 11.7. The summed E-state index contributed by atoms with van der Waals surface area (Å²) < 4.78 is 31.3. The van der Waals surface area contributed by atoms with Crippen LogP contribution in [0.15, 0.2) is 0 Å². The molecule has 0 aromatic heterocycles. The van der Waals surface area contributed by atoms with E-state index in [-0.39, 0.29) is 25.0 Å². The molecular formula is C4H8Cl2FO3P. The van der Waals surface area contributed by atoms with Gasteiger partial charge in [0.2, 0.25) is 0 Å². The van der Waals surface area contributed by atoms with Gasteiger partial charge in [-0.15, -0.1) is 27.4 Å². The number of hydrogen-bond donors (Lipinski definition) is 0. The first-order valence-electron chi connectivity index (χ1n) is 2.83. The zero-order valence-electron chi connectivity index (χ0n) is 5.63. The van der Waals surface area contributed by atoms with Crippen molar-refractivity contribution in [1.29, 1.82) is 0 Å². The Morgan fingerprint density at radius 2 is 1.55 bits per heavy atom. The molecule has 0 atom stereocenters. The van der Waals surface area contributed by atoms with Crippen LogP contribution in [0.3, 0.4) is 0 Å². The summed E-state index contributed by atoms with van der Waals surface area (Å²) in [6.45, 7) is -0.283. The minimum Gasteiger partial charge on any atom is -0.282 e. The van der Waals surface area contributed by atoms with Gasteiger partial charge >= 0.3 is 7.91 Å². The van der Waals surface area contributed by atoms with Crippen molar-refractivity contribution in [2.45, 2.75) is 0 Å². The number of rotatable bonds is 6. The van der Waals surface area contributed by atoms with E-state index in [0.29, 0.717) is 0 Å². The number of hydrogen-bond acceptors (Lipinski definition) is 3. The first-order chi connectivity index (χ1) is 5.12. The average molecular weight is 225 g/mol. The molecule has 0 aliphatic rings. The lowest BCUT2D eigenvalue weighted by Crippen LogP contribution is -1.96. The highest BCUT2D eigenvalue weighted by Crippen LogP contribution is 2.49. The van der Waals surface area contributed by atoms with Gasteiger partial charge in [0.15, 0.2) is 0 Å². The van der Waals surface area contributed by atoms with E-state index in [0.717, 1.165) is 0 Å². The maximum Gasteiger partial charge on any atom is 0.513 e. The highest BCUT2D eigenvalue weighted by molar-refractivity contribution is 7.48. The molecule has 0 aromatic rings. The molecule has 0 spiro atoms. The Labute approximate surface area is 74.4 Å². The van der Waals surface area contributed by atoms with Crippen molar-refractivity contribution in [3.05, 3.63) is 0 Å². The van der Waals surface area contributed by atoms with Crippen LogP contribution in [0.1, 0.15) is 0 Å². The zero-order chi connectivity index (χ0) is 8.74. The second-order valence-corrected chi connectivity index (χ2v) is 3.61. The lowest BCUT2D eigenvalue weighted by Gasteiger charge is -2.06. The van der Waals surface area contributed by atoms with Crippen LogP contribution in [0.2, 0.25) is 0 Å². The van der Waals surface area contributed by atoms with Crippen molar-refractivity contribution >= 4 is 31.1 Å². The van der Waals surface area contributed by atoms with Crippen LogP contribution in [-0.4, -0.2) is 25.0 Å². The molecule has 0 saturated heterocycles. The number of alkyl halides is 2. The molecule has 3 nitrogen and oxygen atoms in total. The van der Waals surface area contributed by atoms with Crippen molar-refractivity contribution in [2.24, 2.45) is 0 Å². The molecule has 0 bridgehead atoms. The second-order valence-electron chi connectivity index (χ2n) is 1.48. The summed E-state index contributed by atoms with van der Waals surface area (Å²) in [4.78, 5) is 0. The van der Waals surface area contributed by atoms with E-state index < -0.39 is 7.91 Å². The van der Waals surface area contributed by atoms with E-state index in [1.165, 1.54) is 0 Å². The van der Waals surface area contributed by atoms with E-state index in [1.807, 2.05) is 0 Å². The molecular weight excluding hydrogens is 217 g/mol. The quantitative estimate of drug-likeness (QED) is 0.514. The molecule has 0 unspecified atom stereocenters. The topological polar surface area (TPSA) is 35.5 Å². The van der Waals surface area contributed by atoms with Crippen LogP contribution < -0.4 is 0 Å². The van der Waals surface area contributed by atoms with E-state index in [4.69, 9.17) is 23.2 Å². The summed E-state index contributed by atoms with van der Waals surface area (Å²) in [6, 6.07) is 0. The monoisotopic (exact) mass is 224 g/mol. The Kier molecular flexibility index (Phi) is 6.58. The van der Waals surface area contributed by atoms with Gasteiger partial charge in [0.1, 0.15) is 0 Å². The van der Waals surface area contributed by atoms with Crippen molar-refractivity contribution in [3.63, 3.8) is 0 Å². The van der Waals surface area contributed by atoms with E-state index >= 15 is 0 Å². The normalized spacial score (nSPS) is 11.9. The lowest BCUT2D eigenvalue weighted by atomic mass is 10.9. The van der Waals surface area contributed by atoms with Gasteiger partial charge in [-0.05, 0) is 0 Å². The Morgan fingerprint density at radius 1 is 1.18 bits per heavy atom. The molecule has 7 heteroatoms. The van der Waals surface area contributed by atoms with Crippen LogP contribution in [0.5, 0.6) is 0 Å². The standard InChI is InChI=1S/C4H8Cl2FO3P/c5-1-3-9-11(7,8)10-4-2-6/h1-4H2. The van der Waals surface area contributed by atoms with Crippen molar-refractivity contribution in [3.8, 4) is 0 Å². The molecule has 0 N–H and O–H groups in total. The maximum absolute atomic E-state index is 12.5. The third kappa shape index (κ3) is 7.04. The summed E-state index contributed by atoms with van der Waals surface area (Å²) in [5.74, 6) is 0.135. The summed E-state index contributed by atoms with van der Waals surface area (Å²) in [7, 11) is -4.39. The van der Waals surface area contributed by atoms with Gasteiger partial charge in [-0.2, -0.15) is 0 Å². The predicted octanol–water partition coefficient (Wildman–Crippen LogP) is 2.57. The fraction of sp³-hybridized carbons (Fsp3) is 1.00. The number of halogens is 3. The van der Waals surface area contributed by atoms with Gasteiger partial charge in [-0.1, -0.05) is 0 Å². The molecule has 0 aliphatic carbocycles. The lowest BCUT2D eigenvalue weighted by molar-refractivity contribution is 0.190. The molecule has 68 valence electrons. The van der Waals surface area contributed by atoms with Gasteiger partial charge in [-0.3, -0.25) is 9.05 Å². The largest absolute Gasteiger partial charge is 0.513 e. The summed E-state index contributed by atoms with van der Waals surface area (Å²) >= 11 is 10.3. The van der Waals surface area contributed by atoms with Crippen LogP contribution in [0.25, 0.3) is 0 Å². The highest BCUT2D eigenvalue weighted by atomic mass is 35.5. The fourth-order valence-electron chi connectivity index (χ4n) is 0.324. The molecule has 0 fully saturated rings. The van der Waals surface area contributed by atoms with Crippen molar-refractivity contribution < 1.29 is 17.8 Å². The highest BCUT2D eigenvalue weighted by Gasteiger charge is 2.22. The maximum atomic E-state index is 12.5. The van der Waals surface area contributed by atoms with Gasteiger partial charge < -0.3 is 0 Å². The Morgan fingerprint density at radius 3 is 1.82 bits per heavy atom. The smallest absolute Gasteiger partial charge is 0.282 e. The van der Waals surface area contributed by atoms with E-state index in [2.05, 4.69) is 9.05 Å². The Balaban J connectivity index is 3.53. The third-order valence-electron chi connectivity index (χ3n) is 0.645. The van der Waals surface area contributed by atoms with E-state index in [1.54, 1.807) is 0 Å². The van der Waals surface area contributed by atoms with Gasteiger partial charge in [0, 0.05) is 11.8 Å². The first-order valence-corrected chi connectivity index (χ1v) is 5.33. The second kappa shape index (κ2) is 6.21. The molecule has 0 aliphatic heterocycles. The van der Waals surface area contributed by atoms with Crippen LogP contribution >= 0.6 is 31.1 Å². The van der Waals surface area contributed by atoms with Crippen LogP contribution in [0.4, 0.5) is 4.20 Å². The summed E-state index contributed by atoms with van der Waals surface area (Å²) in [6.07, 6.45) is 0. The average Bonchev–Trinajstić information content (AvgIpc) is 1.97. The van der Waals surface area contributed by atoms with Crippen LogP contribution in [-0.2, 0) is 13.6 Å². The molecule has 0 saturated carbocycles. The minimum absolute atomic E-state index is 0.0676. The van der Waals surface area contributed by atoms with Crippen molar-refractivity contribution in [1.82, 2.24) is 0 Å². The fourth-order valence-corrected chi connectivity index (χ4v) is 1.39. The summed E-state index contributed by atoms with van der Waals surface area (Å²) in [5, 5.41) is 0. The molecule has 0 aromatic carbocycles.